The lowest BCUT2D eigenvalue weighted by molar-refractivity contribution is 0.101. The Balaban J connectivity index is 1.69. The number of nitrogens with one attached hydrogen (secondary N) is 1. The van der Waals surface area contributed by atoms with E-state index in [1.807, 2.05) is 0 Å². The molecule has 1 aliphatic carbocycles. The van der Waals surface area contributed by atoms with Crippen molar-refractivity contribution in [3.63, 3.8) is 0 Å². The molecule has 1 heterocycles. The number of hydrogen-bond donors (Lipinski definition) is 1. The first kappa shape index (κ1) is 20.5. The first-order valence-electron chi connectivity index (χ1n) is 10.1. The van der Waals surface area contributed by atoms with Crippen molar-refractivity contribution in [2.75, 3.05) is 11.6 Å². The number of carbonyl (C=O) groups is 1. The van der Waals surface area contributed by atoms with E-state index in [9.17, 15) is 17.6 Å². The van der Waals surface area contributed by atoms with Crippen molar-refractivity contribution in [2.45, 2.75) is 43.5 Å². The van der Waals surface area contributed by atoms with E-state index in [4.69, 9.17) is 0 Å². The third-order valence-electron chi connectivity index (χ3n) is 5.59. The summed E-state index contributed by atoms with van der Waals surface area (Å²) in [4.78, 5) is 13.3. The maximum atomic E-state index is 13.7. The topological polar surface area (TPSA) is 81.1 Å². The maximum Gasteiger partial charge on any atom is 0.274 e. The highest BCUT2D eigenvalue weighted by Gasteiger charge is 2.23. The molecule has 0 saturated heterocycles. The first-order valence-corrected chi connectivity index (χ1v) is 12.0. The summed E-state index contributed by atoms with van der Waals surface area (Å²) in [6.45, 7) is 0.600. The molecule has 0 radical (unpaired) electrons. The highest BCUT2D eigenvalue weighted by molar-refractivity contribution is 7.90. The van der Waals surface area contributed by atoms with E-state index < -0.39 is 21.6 Å². The van der Waals surface area contributed by atoms with Gasteiger partial charge in [-0.3, -0.25) is 9.48 Å². The third-order valence-corrected chi connectivity index (χ3v) is 6.70. The second kappa shape index (κ2) is 8.18. The number of hydrogen-bond acceptors (Lipinski definition) is 4. The summed E-state index contributed by atoms with van der Waals surface area (Å²) >= 11 is 0. The molecule has 0 bridgehead atoms. The molecule has 158 valence electrons. The van der Waals surface area contributed by atoms with Gasteiger partial charge < -0.3 is 5.32 Å². The SMILES string of the molecule is CS(=O)(=O)c1cccc(NC(=O)c2c3ccc(F)cc3nn2CC2CCCCC2)c1. The zero-order valence-corrected chi connectivity index (χ0v) is 17.6. The number of nitrogens with zero attached hydrogens (tertiary/aromatic N) is 2. The molecule has 2 aromatic carbocycles. The normalized spacial score (nSPS) is 15.4. The molecule has 1 saturated carbocycles. The number of sulfone groups is 1. The first-order chi connectivity index (χ1) is 14.3. The van der Waals surface area contributed by atoms with Crippen LogP contribution in [0.15, 0.2) is 47.4 Å². The van der Waals surface area contributed by atoms with Crippen molar-refractivity contribution in [1.82, 2.24) is 9.78 Å². The lowest BCUT2D eigenvalue weighted by Crippen LogP contribution is -2.22. The lowest BCUT2D eigenvalue weighted by atomic mass is 9.89. The number of anilines is 1. The van der Waals surface area contributed by atoms with E-state index in [2.05, 4.69) is 10.4 Å². The lowest BCUT2D eigenvalue weighted by Gasteiger charge is -2.22. The van der Waals surface area contributed by atoms with E-state index in [0.29, 0.717) is 34.7 Å². The van der Waals surface area contributed by atoms with Crippen LogP contribution in [0, 0.1) is 11.7 Å². The summed E-state index contributed by atoms with van der Waals surface area (Å²) in [5.74, 6) is -0.374. The van der Waals surface area contributed by atoms with Gasteiger partial charge in [0.1, 0.15) is 11.5 Å². The smallest absolute Gasteiger partial charge is 0.274 e. The van der Waals surface area contributed by atoms with Crippen molar-refractivity contribution in [3.05, 3.63) is 54.0 Å². The molecule has 1 fully saturated rings. The van der Waals surface area contributed by atoms with Gasteiger partial charge in [0.25, 0.3) is 5.91 Å². The van der Waals surface area contributed by atoms with Gasteiger partial charge in [-0.05, 0) is 49.1 Å². The summed E-state index contributed by atoms with van der Waals surface area (Å²) in [6.07, 6.45) is 6.85. The summed E-state index contributed by atoms with van der Waals surface area (Å²) in [6, 6.07) is 10.3. The van der Waals surface area contributed by atoms with Crippen LogP contribution in [0.4, 0.5) is 10.1 Å². The molecule has 0 aliphatic heterocycles. The van der Waals surface area contributed by atoms with Gasteiger partial charge in [0.15, 0.2) is 9.84 Å². The number of benzene rings is 2. The predicted molar refractivity (Wildman–Crippen MR) is 114 cm³/mol. The van der Waals surface area contributed by atoms with Gasteiger partial charge in [-0.15, -0.1) is 0 Å². The summed E-state index contributed by atoms with van der Waals surface area (Å²) < 4.78 is 39.0. The summed E-state index contributed by atoms with van der Waals surface area (Å²) in [7, 11) is -3.39. The predicted octanol–water partition coefficient (Wildman–Crippen LogP) is 4.41. The van der Waals surface area contributed by atoms with E-state index >= 15 is 0 Å². The third kappa shape index (κ3) is 4.38. The number of amides is 1. The van der Waals surface area contributed by atoms with Crippen molar-refractivity contribution in [2.24, 2.45) is 5.92 Å². The Labute approximate surface area is 175 Å². The average Bonchev–Trinajstić information content (AvgIpc) is 3.05. The largest absolute Gasteiger partial charge is 0.321 e. The van der Waals surface area contributed by atoms with Gasteiger partial charge in [0.2, 0.25) is 0 Å². The van der Waals surface area contributed by atoms with Gasteiger partial charge in [-0.2, -0.15) is 5.10 Å². The molecule has 0 spiro atoms. The van der Waals surface area contributed by atoms with Crippen LogP contribution < -0.4 is 5.32 Å². The quantitative estimate of drug-likeness (QED) is 0.651. The van der Waals surface area contributed by atoms with Crippen LogP contribution in [0.1, 0.15) is 42.6 Å². The second-order valence-corrected chi connectivity index (χ2v) is 9.97. The van der Waals surface area contributed by atoms with Crippen LogP contribution in [-0.2, 0) is 16.4 Å². The van der Waals surface area contributed by atoms with E-state index in [-0.39, 0.29) is 4.90 Å². The van der Waals surface area contributed by atoms with Crippen LogP contribution in [0.2, 0.25) is 0 Å². The number of halogens is 1. The second-order valence-electron chi connectivity index (χ2n) is 7.95. The molecular weight excluding hydrogens is 405 g/mol. The fourth-order valence-electron chi connectivity index (χ4n) is 4.09. The monoisotopic (exact) mass is 429 g/mol. The molecule has 1 aromatic heterocycles. The maximum absolute atomic E-state index is 13.7. The molecule has 3 aromatic rings. The molecule has 30 heavy (non-hydrogen) atoms. The molecular formula is C22H24FN3O3S. The van der Waals surface area contributed by atoms with Gasteiger partial charge in [-0.1, -0.05) is 25.3 Å². The number of fused-ring (bicyclic) bond motifs is 1. The van der Waals surface area contributed by atoms with Crippen LogP contribution in [0.5, 0.6) is 0 Å². The fourth-order valence-corrected chi connectivity index (χ4v) is 4.75. The van der Waals surface area contributed by atoms with E-state index in [1.54, 1.807) is 22.9 Å². The Morgan fingerprint density at radius 1 is 1.17 bits per heavy atom. The number of aromatic nitrogens is 2. The minimum absolute atomic E-state index is 0.128. The minimum Gasteiger partial charge on any atom is -0.321 e. The molecule has 8 heteroatoms. The van der Waals surface area contributed by atoms with Crippen molar-refractivity contribution < 1.29 is 17.6 Å². The molecule has 4 rings (SSSR count). The Bertz CT molecular complexity index is 1200. The van der Waals surface area contributed by atoms with Crippen molar-refractivity contribution in [3.8, 4) is 0 Å². The van der Waals surface area contributed by atoms with Crippen LogP contribution in [-0.4, -0.2) is 30.4 Å². The van der Waals surface area contributed by atoms with Crippen molar-refractivity contribution in [1.29, 1.82) is 0 Å². The van der Waals surface area contributed by atoms with E-state index in [0.717, 1.165) is 19.1 Å². The molecule has 1 N–H and O–H groups in total. The molecule has 0 unspecified atom stereocenters. The Morgan fingerprint density at radius 2 is 1.93 bits per heavy atom. The van der Waals surface area contributed by atoms with Gasteiger partial charge in [0.05, 0.1) is 10.4 Å². The zero-order chi connectivity index (χ0) is 21.3. The summed E-state index contributed by atoms with van der Waals surface area (Å²) in [5, 5.41) is 7.86. The Hall–Kier alpha value is -2.74. The highest BCUT2D eigenvalue weighted by Crippen LogP contribution is 2.28. The van der Waals surface area contributed by atoms with Crippen LogP contribution in [0.3, 0.4) is 0 Å². The zero-order valence-electron chi connectivity index (χ0n) is 16.8. The summed E-state index contributed by atoms with van der Waals surface area (Å²) in [5.41, 5.74) is 1.17. The van der Waals surface area contributed by atoms with Gasteiger partial charge >= 0.3 is 0 Å². The van der Waals surface area contributed by atoms with Crippen LogP contribution in [0.25, 0.3) is 10.9 Å². The average molecular weight is 430 g/mol. The van der Waals surface area contributed by atoms with Crippen molar-refractivity contribution >= 4 is 32.3 Å². The minimum atomic E-state index is -3.39. The Morgan fingerprint density at radius 3 is 2.67 bits per heavy atom. The van der Waals surface area contributed by atoms with Gasteiger partial charge in [0, 0.05) is 29.9 Å². The highest BCUT2D eigenvalue weighted by atomic mass is 32.2. The standard InChI is InChI=1S/C22H24FN3O3S/c1-30(28,29)18-9-5-8-17(13-18)24-22(27)21-19-11-10-16(23)12-20(19)25-26(21)14-15-6-3-2-4-7-15/h5,8-13,15H,2-4,6-7,14H2,1H3,(H,24,27). The number of rotatable bonds is 5. The Kier molecular flexibility index (Phi) is 5.60. The van der Waals surface area contributed by atoms with Gasteiger partial charge in [-0.25, -0.2) is 12.8 Å². The molecule has 0 atom stereocenters. The van der Waals surface area contributed by atoms with Crippen LogP contribution >= 0.6 is 0 Å². The molecule has 1 aliphatic rings. The fraction of sp³-hybridized carbons (Fsp3) is 0.364. The number of carbonyl (C=O) groups excluding carboxylic acids is 1. The molecule has 1 amide bonds. The molecule has 6 nitrogen and oxygen atoms in total. The van der Waals surface area contributed by atoms with E-state index in [1.165, 1.54) is 43.5 Å².